The van der Waals surface area contributed by atoms with E-state index < -0.39 is 14.6 Å². The number of hydrogen-bond acceptors (Lipinski definition) is 3. The average molecular weight is 312 g/mol. The molecule has 98 valence electrons. The molecular weight excluding hydrogens is 302 g/mol. The van der Waals surface area contributed by atoms with Crippen LogP contribution >= 0.6 is 34.8 Å². The van der Waals surface area contributed by atoms with Gasteiger partial charge in [0.2, 0.25) is 0 Å². The molecule has 1 N–H and O–H groups in total. The van der Waals surface area contributed by atoms with E-state index in [1.807, 2.05) is 0 Å². The maximum absolute atomic E-state index is 11.5. The number of nitrogens with one attached hydrogen (secondary N) is 1. The van der Waals surface area contributed by atoms with Gasteiger partial charge in [0.1, 0.15) is 5.69 Å². The first-order chi connectivity index (χ1) is 8.14. The lowest BCUT2D eigenvalue weighted by molar-refractivity contribution is -0.384. The van der Waals surface area contributed by atoms with Crippen molar-refractivity contribution in [3.8, 4) is 0 Å². The summed E-state index contributed by atoms with van der Waals surface area (Å²) in [6.45, 7) is 3.39. The highest BCUT2D eigenvalue weighted by atomic mass is 35.6. The summed E-state index contributed by atoms with van der Waals surface area (Å²) in [5.74, 6) is -0.940. The first-order valence-electron chi connectivity index (χ1n) is 4.77. The van der Waals surface area contributed by atoms with Crippen LogP contribution in [-0.2, 0) is 4.79 Å². The van der Waals surface area contributed by atoms with Gasteiger partial charge in [0.15, 0.2) is 0 Å². The molecule has 18 heavy (non-hydrogen) atoms. The van der Waals surface area contributed by atoms with E-state index in [0.29, 0.717) is 5.56 Å². The molecule has 0 unspecified atom stereocenters. The largest absolute Gasteiger partial charge is 0.316 e. The lowest BCUT2D eigenvalue weighted by Gasteiger charge is -2.14. The third kappa shape index (κ3) is 3.25. The van der Waals surface area contributed by atoms with Crippen molar-refractivity contribution in [3.63, 3.8) is 0 Å². The van der Waals surface area contributed by atoms with Crippen LogP contribution in [-0.4, -0.2) is 14.6 Å². The third-order valence-corrected chi connectivity index (χ3v) is 2.92. The number of aryl methyl sites for hydroxylation is 1. The van der Waals surface area contributed by atoms with Crippen LogP contribution in [0.4, 0.5) is 11.4 Å². The van der Waals surface area contributed by atoms with E-state index in [1.54, 1.807) is 19.9 Å². The Kier molecular flexibility index (Phi) is 4.42. The van der Waals surface area contributed by atoms with Crippen LogP contribution in [0.1, 0.15) is 11.1 Å². The Morgan fingerprint density at radius 2 is 1.89 bits per heavy atom. The summed E-state index contributed by atoms with van der Waals surface area (Å²) in [7, 11) is 0. The quantitative estimate of drug-likeness (QED) is 0.516. The SMILES string of the molecule is Cc1ccc([N+](=O)[O-])c(NC(=O)C(Cl)(Cl)Cl)c1C. The van der Waals surface area contributed by atoms with E-state index in [9.17, 15) is 14.9 Å². The summed E-state index contributed by atoms with van der Waals surface area (Å²) in [5.41, 5.74) is 1.11. The number of nitro benzene ring substituents is 1. The molecule has 1 rings (SSSR count). The summed E-state index contributed by atoms with van der Waals surface area (Å²) < 4.78 is -2.18. The standard InChI is InChI=1S/C10H9Cl3N2O3/c1-5-3-4-7(15(17)18)8(6(5)2)14-9(16)10(11,12)13/h3-4H,1-2H3,(H,14,16). The van der Waals surface area contributed by atoms with Crippen molar-refractivity contribution in [2.45, 2.75) is 17.6 Å². The lowest BCUT2D eigenvalue weighted by atomic mass is 10.1. The molecule has 1 aromatic carbocycles. The molecule has 0 radical (unpaired) electrons. The van der Waals surface area contributed by atoms with Crippen LogP contribution in [0.5, 0.6) is 0 Å². The molecule has 8 heteroatoms. The number of amides is 1. The Morgan fingerprint density at radius 1 is 1.33 bits per heavy atom. The predicted octanol–water partition coefficient (Wildman–Crippen LogP) is 3.52. The molecule has 0 bridgehead atoms. The van der Waals surface area contributed by atoms with Gasteiger partial charge in [0.05, 0.1) is 4.92 Å². The molecule has 0 aliphatic carbocycles. The van der Waals surface area contributed by atoms with E-state index in [2.05, 4.69) is 5.32 Å². The van der Waals surface area contributed by atoms with Crippen LogP contribution in [0.25, 0.3) is 0 Å². The predicted molar refractivity (Wildman–Crippen MR) is 71.5 cm³/mol. The van der Waals surface area contributed by atoms with Crippen molar-refractivity contribution < 1.29 is 9.72 Å². The van der Waals surface area contributed by atoms with Gasteiger partial charge >= 0.3 is 0 Å². The Labute approximate surface area is 118 Å². The summed E-state index contributed by atoms with van der Waals surface area (Å²) in [5, 5.41) is 13.1. The fourth-order valence-corrected chi connectivity index (χ4v) is 1.44. The summed E-state index contributed by atoms with van der Waals surface area (Å²) in [4.78, 5) is 21.8. The summed E-state index contributed by atoms with van der Waals surface area (Å²) >= 11 is 16.2. The highest BCUT2D eigenvalue weighted by Crippen LogP contribution is 2.33. The van der Waals surface area contributed by atoms with Crippen LogP contribution in [0, 0.1) is 24.0 Å². The first-order valence-corrected chi connectivity index (χ1v) is 5.90. The van der Waals surface area contributed by atoms with Crippen LogP contribution in [0.2, 0.25) is 0 Å². The molecule has 0 spiro atoms. The number of anilines is 1. The molecule has 0 heterocycles. The Bertz CT molecular complexity index is 512. The van der Waals surface area contributed by atoms with Crippen molar-refractivity contribution in [1.29, 1.82) is 0 Å². The minimum atomic E-state index is -2.18. The molecule has 0 saturated heterocycles. The summed E-state index contributed by atoms with van der Waals surface area (Å²) in [6.07, 6.45) is 0. The van der Waals surface area contributed by atoms with Crippen molar-refractivity contribution >= 4 is 52.1 Å². The van der Waals surface area contributed by atoms with Crippen molar-refractivity contribution in [3.05, 3.63) is 33.4 Å². The monoisotopic (exact) mass is 310 g/mol. The van der Waals surface area contributed by atoms with Gasteiger partial charge < -0.3 is 5.32 Å². The zero-order chi connectivity index (χ0) is 14.1. The van der Waals surface area contributed by atoms with E-state index >= 15 is 0 Å². The number of nitro groups is 1. The Morgan fingerprint density at radius 3 is 2.33 bits per heavy atom. The van der Waals surface area contributed by atoms with Gasteiger partial charge in [-0.05, 0) is 25.0 Å². The van der Waals surface area contributed by atoms with Crippen LogP contribution in [0.3, 0.4) is 0 Å². The van der Waals surface area contributed by atoms with Gasteiger partial charge in [-0.3, -0.25) is 14.9 Å². The third-order valence-electron chi connectivity index (χ3n) is 2.41. The molecule has 0 aromatic heterocycles. The number of carbonyl (C=O) groups is 1. The Balaban J connectivity index is 3.26. The minimum Gasteiger partial charge on any atom is -0.316 e. The Hall–Kier alpha value is -1.04. The van der Waals surface area contributed by atoms with E-state index in [1.165, 1.54) is 6.07 Å². The first kappa shape index (κ1) is 15.0. The van der Waals surface area contributed by atoms with Crippen molar-refractivity contribution in [2.75, 3.05) is 5.32 Å². The van der Waals surface area contributed by atoms with Gasteiger partial charge in [-0.2, -0.15) is 0 Å². The van der Waals surface area contributed by atoms with Gasteiger partial charge in [0, 0.05) is 6.07 Å². The van der Waals surface area contributed by atoms with Gasteiger partial charge in [-0.25, -0.2) is 0 Å². The molecule has 0 aliphatic rings. The number of rotatable bonds is 2. The number of halogens is 3. The van der Waals surface area contributed by atoms with Gasteiger partial charge in [-0.1, -0.05) is 40.9 Å². The fourth-order valence-electron chi connectivity index (χ4n) is 1.30. The summed E-state index contributed by atoms with van der Waals surface area (Å²) in [6, 6.07) is 2.87. The number of alkyl halides is 3. The molecule has 1 aromatic rings. The molecular formula is C10H9Cl3N2O3. The molecule has 0 aliphatic heterocycles. The normalized spacial score (nSPS) is 11.2. The molecule has 1 amide bonds. The van der Waals surface area contributed by atoms with Crippen LogP contribution < -0.4 is 5.32 Å². The highest BCUT2D eigenvalue weighted by molar-refractivity contribution is 6.76. The number of hydrogen-bond donors (Lipinski definition) is 1. The maximum atomic E-state index is 11.5. The fraction of sp³-hybridized carbons (Fsp3) is 0.300. The second-order valence-corrected chi connectivity index (χ2v) is 5.89. The zero-order valence-corrected chi connectivity index (χ0v) is 11.7. The number of benzene rings is 1. The maximum Gasteiger partial charge on any atom is 0.293 e. The van der Waals surface area contributed by atoms with Crippen molar-refractivity contribution in [2.24, 2.45) is 0 Å². The topological polar surface area (TPSA) is 72.2 Å². The lowest BCUT2D eigenvalue weighted by Crippen LogP contribution is -2.27. The van der Waals surface area contributed by atoms with E-state index in [0.717, 1.165) is 5.56 Å². The average Bonchev–Trinajstić information content (AvgIpc) is 2.23. The smallest absolute Gasteiger partial charge is 0.293 e. The second kappa shape index (κ2) is 5.30. The van der Waals surface area contributed by atoms with Crippen LogP contribution in [0.15, 0.2) is 12.1 Å². The minimum absolute atomic E-state index is 0.0383. The van der Waals surface area contributed by atoms with Crippen molar-refractivity contribution in [1.82, 2.24) is 0 Å². The molecule has 0 fully saturated rings. The number of nitrogens with zero attached hydrogens (tertiary/aromatic N) is 1. The highest BCUT2D eigenvalue weighted by Gasteiger charge is 2.32. The molecule has 0 saturated carbocycles. The van der Waals surface area contributed by atoms with Gasteiger partial charge in [-0.15, -0.1) is 0 Å². The van der Waals surface area contributed by atoms with E-state index in [-0.39, 0.29) is 11.4 Å². The number of carbonyl (C=O) groups excluding carboxylic acids is 1. The van der Waals surface area contributed by atoms with E-state index in [4.69, 9.17) is 34.8 Å². The van der Waals surface area contributed by atoms with Gasteiger partial charge in [0.25, 0.3) is 15.4 Å². The molecule has 0 atom stereocenters. The second-order valence-electron chi connectivity index (χ2n) is 3.61. The zero-order valence-electron chi connectivity index (χ0n) is 9.46. The molecule has 5 nitrogen and oxygen atoms in total.